The lowest BCUT2D eigenvalue weighted by molar-refractivity contribution is 0.589. The third kappa shape index (κ3) is 2.50. The van der Waals surface area contributed by atoms with Crippen LogP contribution in [0.3, 0.4) is 0 Å². The van der Waals surface area contributed by atoms with Crippen LogP contribution in [0.5, 0.6) is 0 Å². The van der Waals surface area contributed by atoms with E-state index >= 15 is 0 Å². The van der Waals surface area contributed by atoms with E-state index in [1.54, 1.807) is 48.7 Å². The smallest absolute Gasteiger partial charge is 0.240 e. The molecule has 2 aromatic carbocycles. The average Bonchev–Trinajstić information content (AvgIpc) is 2.77. The molecular formula is C15H11BrClNO2S. The number of fused-ring (bicyclic) bond motifs is 1. The summed E-state index contributed by atoms with van der Waals surface area (Å²) in [6, 6.07) is 11.9. The van der Waals surface area contributed by atoms with Gasteiger partial charge in [-0.1, -0.05) is 29.3 Å². The first kappa shape index (κ1) is 14.6. The molecule has 3 nitrogen and oxygen atoms in total. The monoisotopic (exact) mass is 383 g/mol. The fourth-order valence-corrected chi connectivity index (χ4v) is 4.36. The maximum atomic E-state index is 12.8. The van der Waals surface area contributed by atoms with Gasteiger partial charge in [-0.25, -0.2) is 12.4 Å². The van der Waals surface area contributed by atoms with Crippen LogP contribution in [-0.4, -0.2) is 12.4 Å². The molecule has 0 amide bonds. The van der Waals surface area contributed by atoms with Crippen LogP contribution >= 0.6 is 27.5 Å². The molecule has 0 unspecified atom stereocenters. The number of hydrogen-bond acceptors (Lipinski definition) is 2. The van der Waals surface area contributed by atoms with E-state index in [4.69, 9.17) is 11.6 Å². The number of aromatic nitrogens is 1. The third-order valence-corrected chi connectivity index (χ3v) is 5.82. The number of hydrogen-bond donors (Lipinski definition) is 0. The van der Waals surface area contributed by atoms with Crippen LogP contribution in [0.15, 0.2) is 58.0 Å². The summed E-state index contributed by atoms with van der Waals surface area (Å²) in [5, 5.41) is 1.33. The van der Waals surface area contributed by atoms with E-state index in [2.05, 4.69) is 15.9 Å². The minimum absolute atomic E-state index is 0.257. The van der Waals surface area contributed by atoms with Crippen molar-refractivity contribution in [3.05, 3.63) is 63.7 Å². The Morgan fingerprint density at radius 3 is 2.43 bits per heavy atom. The van der Waals surface area contributed by atoms with Crippen molar-refractivity contribution in [3.8, 4) is 0 Å². The molecule has 0 aliphatic rings. The van der Waals surface area contributed by atoms with Gasteiger partial charge in [-0.15, -0.1) is 0 Å². The summed E-state index contributed by atoms with van der Waals surface area (Å²) >= 11 is 9.35. The third-order valence-electron chi connectivity index (χ3n) is 3.26. The van der Waals surface area contributed by atoms with Crippen molar-refractivity contribution in [3.63, 3.8) is 0 Å². The van der Waals surface area contributed by atoms with E-state index < -0.39 is 10.0 Å². The van der Waals surface area contributed by atoms with Crippen molar-refractivity contribution in [2.24, 2.45) is 0 Å². The molecule has 0 saturated carbocycles. The lowest BCUT2D eigenvalue weighted by Gasteiger charge is -2.07. The Kier molecular flexibility index (Phi) is 3.59. The Labute approximate surface area is 136 Å². The Morgan fingerprint density at radius 2 is 1.76 bits per heavy atom. The lowest BCUT2D eigenvalue weighted by atomic mass is 10.2. The van der Waals surface area contributed by atoms with Crippen molar-refractivity contribution < 1.29 is 8.42 Å². The van der Waals surface area contributed by atoms with Gasteiger partial charge in [0.2, 0.25) is 0 Å². The molecule has 0 N–H and O–H groups in total. The van der Waals surface area contributed by atoms with Crippen LogP contribution in [0.2, 0.25) is 5.02 Å². The topological polar surface area (TPSA) is 39.1 Å². The van der Waals surface area contributed by atoms with Crippen molar-refractivity contribution in [1.29, 1.82) is 0 Å². The molecule has 21 heavy (non-hydrogen) atoms. The van der Waals surface area contributed by atoms with Crippen molar-refractivity contribution in [1.82, 2.24) is 3.97 Å². The van der Waals surface area contributed by atoms with E-state index in [0.717, 1.165) is 10.9 Å². The zero-order chi connectivity index (χ0) is 15.2. The number of aryl methyl sites for hydroxylation is 1. The highest BCUT2D eigenvalue weighted by Crippen LogP contribution is 2.31. The minimum atomic E-state index is -3.63. The first-order valence-electron chi connectivity index (χ1n) is 6.18. The molecule has 0 spiro atoms. The van der Waals surface area contributed by atoms with Gasteiger partial charge < -0.3 is 0 Å². The molecule has 0 aliphatic carbocycles. The highest BCUT2D eigenvalue weighted by molar-refractivity contribution is 9.10. The second kappa shape index (κ2) is 5.16. The summed E-state index contributed by atoms with van der Waals surface area (Å²) in [6.45, 7) is 1.92. The predicted octanol–water partition coefficient (Wildman–Crippen LogP) is 4.60. The van der Waals surface area contributed by atoms with E-state index in [1.807, 2.05) is 6.92 Å². The minimum Gasteiger partial charge on any atom is -0.240 e. The second-order valence-corrected chi connectivity index (χ2v) is 7.86. The standard InChI is InChI=1S/C15H11BrClNO2S/c1-10-2-5-12(6-3-10)21(19,20)18-9-14(16)13-8-11(17)4-7-15(13)18/h2-9H,1H3. The van der Waals surface area contributed by atoms with Gasteiger partial charge in [-0.3, -0.25) is 0 Å². The van der Waals surface area contributed by atoms with Gasteiger partial charge in [-0.05, 0) is 53.2 Å². The summed E-state index contributed by atoms with van der Waals surface area (Å²) < 4.78 is 27.5. The number of rotatable bonds is 2. The van der Waals surface area contributed by atoms with E-state index in [-0.39, 0.29) is 4.90 Å². The highest BCUT2D eigenvalue weighted by atomic mass is 79.9. The van der Waals surface area contributed by atoms with Gasteiger partial charge in [0, 0.05) is 21.1 Å². The highest BCUT2D eigenvalue weighted by Gasteiger charge is 2.20. The van der Waals surface area contributed by atoms with E-state index in [0.29, 0.717) is 15.0 Å². The lowest BCUT2D eigenvalue weighted by Crippen LogP contribution is -2.11. The fourth-order valence-electron chi connectivity index (χ4n) is 2.16. The molecule has 3 aromatic rings. The fraction of sp³-hybridized carbons (Fsp3) is 0.0667. The van der Waals surface area contributed by atoms with E-state index in [1.165, 1.54) is 3.97 Å². The second-order valence-electron chi connectivity index (χ2n) is 4.75. The normalized spacial score (nSPS) is 12.0. The van der Waals surface area contributed by atoms with Crippen LogP contribution in [-0.2, 0) is 10.0 Å². The molecule has 0 saturated heterocycles. The molecule has 1 heterocycles. The van der Waals surface area contributed by atoms with Gasteiger partial charge in [-0.2, -0.15) is 0 Å². The Bertz CT molecular complexity index is 930. The maximum absolute atomic E-state index is 12.8. The average molecular weight is 385 g/mol. The Morgan fingerprint density at radius 1 is 1.10 bits per heavy atom. The molecule has 6 heteroatoms. The molecule has 1 aromatic heterocycles. The van der Waals surface area contributed by atoms with Crippen LogP contribution in [0.4, 0.5) is 0 Å². The largest absolute Gasteiger partial charge is 0.268 e. The van der Waals surface area contributed by atoms with Crippen molar-refractivity contribution in [2.75, 3.05) is 0 Å². The number of nitrogens with zero attached hydrogens (tertiary/aromatic N) is 1. The number of benzene rings is 2. The zero-order valence-electron chi connectivity index (χ0n) is 11.0. The van der Waals surface area contributed by atoms with Crippen molar-refractivity contribution >= 4 is 48.5 Å². The summed E-state index contributed by atoms with van der Waals surface area (Å²) in [7, 11) is -3.63. The molecule has 0 atom stereocenters. The molecule has 0 aliphatic heterocycles. The number of halogens is 2. The van der Waals surface area contributed by atoms with Gasteiger partial charge in [0.25, 0.3) is 10.0 Å². The summed E-state index contributed by atoms with van der Waals surface area (Å²) in [4.78, 5) is 0.257. The van der Waals surface area contributed by atoms with Crippen LogP contribution < -0.4 is 0 Å². The van der Waals surface area contributed by atoms with Gasteiger partial charge in [0.05, 0.1) is 10.4 Å². The Hall–Kier alpha value is -1.30. The van der Waals surface area contributed by atoms with Gasteiger partial charge >= 0.3 is 0 Å². The van der Waals surface area contributed by atoms with Crippen molar-refractivity contribution in [2.45, 2.75) is 11.8 Å². The quantitative estimate of drug-likeness (QED) is 0.647. The summed E-state index contributed by atoms with van der Waals surface area (Å²) in [5.74, 6) is 0. The Balaban J connectivity index is 2.26. The van der Waals surface area contributed by atoms with E-state index in [9.17, 15) is 8.42 Å². The predicted molar refractivity (Wildman–Crippen MR) is 88.4 cm³/mol. The molecule has 108 valence electrons. The van der Waals surface area contributed by atoms with Crippen LogP contribution in [0, 0.1) is 6.92 Å². The molecule has 0 bridgehead atoms. The summed E-state index contributed by atoms with van der Waals surface area (Å²) in [6.07, 6.45) is 1.55. The molecule has 3 rings (SSSR count). The first-order chi connectivity index (χ1) is 9.89. The van der Waals surface area contributed by atoms with Crippen LogP contribution in [0.1, 0.15) is 5.56 Å². The van der Waals surface area contributed by atoms with Crippen LogP contribution in [0.25, 0.3) is 10.9 Å². The first-order valence-corrected chi connectivity index (χ1v) is 8.79. The summed E-state index contributed by atoms with van der Waals surface area (Å²) in [5.41, 5.74) is 1.60. The molecular weight excluding hydrogens is 374 g/mol. The SMILES string of the molecule is Cc1ccc(S(=O)(=O)n2cc(Br)c3cc(Cl)ccc32)cc1. The van der Waals surface area contributed by atoms with Gasteiger partial charge in [0.15, 0.2) is 0 Å². The molecule has 0 radical (unpaired) electrons. The maximum Gasteiger partial charge on any atom is 0.268 e. The van der Waals surface area contributed by atoms with Gasteiger partial charge in [0.1, 0.15) is 0 Å². The molecule has 0 fully saturated rings. The zero-order valence-corrected chi connectivity index (χ0v) is 14.2.